The number of fused-ring (bicyclic) bond motifs is 1. The summed E-state index contributed by atoms with van der Waals surface area (Å²) in [6.07, 6.45) is 3.83. The summed E-state index contributed by atoms with van der Waals surface area (Å²) in [5.74, 6) is 0.828. The van der Waals surface area contributed by atoms with Crippen LogP contribution in [0.15, 0.2) is 36.4 Å². The third kappa shape index (κ3) is 2.50. The molecule has 2 aromatic rings. The summed E-state index contributed by atoms with van der Waals surface area (Å²) in [6.45, 7) is 2.33. The van der Waals surface area contributed by atoms with Gasteiger partial charge in [0.15, 0.2) is 0 Å². The van der Waals surface area contributed by atoms with Crippen molar-refractivity contribution >= 4 is 33.7 Å². The largest absolute Gasteiger partial charge is 0.389 e. The molecule has 20 heavy (non-hydrogen) atoms. The van der Waals surface area contributed by atoms with Crippen LogP contribution in [0.5, 0.6) is 0 Å². The second-order valence-corrected chi connectivity index (χ2v) is 6.27. The molecule has 0 aliphatic heterocycles. The van der Waals surface area contributed by atoms with E-state index in [4.69, 9.17) is 18.0 Å². The van der Waals surface area contributed by atoms with Crippen molar-refractivity contribution in [3.8, 4) is 0 Å². The molecule has 3 rings (SSSR count). The summed E-state index contributed by atoms with van der Waals surface area (Å²) in [5, 5.41) is 6.04. The van der Waals surface area contributed by atoms with Crippen molar-refractivity contribution in [1.29, 1.82) is 0 Å². The first-order chi connectivity index (χ1) is 9.65. The lowest BCUT2D eigenvalue weighted by Crippen LogP contribution is -2.16. The Morgan fingerprint density at radius 3 is 2.55 bits per heavy atom. The lowest BCUT2D eigenvalue weighted by atomic mass is 10.0. The molecule has 3 N–H and O–H groups in total. The average Bonchev–Trinajstić information content (AvgIpc) is 2.84. The lowest BCUT2D eigenvalue weighted by Gasteiger charge is -2.17. The summed E-state index contributed by atoms with van der Waals surface area (Å²) in [4.78, 5) is 0.460. The summed E-state index contributed by atoms with van der Waals surface area (Å²) >= 11 is 5.15. The van der Waals surface area contributed by atoms with Crippen molar-refractivity contribution in [1.82, 2.24) is 0 Å². The van der Waals surface area contributed by atoms with Gasteiger partial charge in [-0.15, -0.1) is 0 Å². The zero-order valence-corrected chi connectivity index (χ0v) is 12.5. The number of benzene rings is 2. The van der Waals surface area contributed by atoms with Crippen LogP contribution >= 0.6 is 12.2 Å². The molecule has 2 unspecified atom stereocenters. The summed E-state index contributed by atoms with van der Waals surface area (Å²) in [6, 6.07) is 13.1. The van der Waals surface area contributed by atoms with E-state index in [2.05, 4.69) is 36.5 Å². The number of nitrogens with two attached hydrogens (primary N) is 1. The van der Waals surface area contributed by atoms with Gasteiger partial charge in [-0.1, -0.05) is 43.4 Å². The number of hydrogen-bond donors (Lipinski definition) is 2. The van der Waals surface area contributed by atoms with Gasteiger partial charge in [0.25, 0.3) is 0 Å². The first-order valence-electron chi connectivity index (χ1n) is 7.23. The SMILES string of the molecule is CC1CCC(Nc2ccc(C(N)=S)c3ccccc23)C1. The molecule has 0 amide bonds. The van der Waals surface area contributed by atoms with E-state index < -0.39 is 0 Å². The van der Waals surface area contributed by atoms with E-state index in [9.17, 15) is 0 Å². The van der Waals surface area contributed by atoms with Crippen molar-refractivity contribution in [2.45, 2.75) is 32.2 Å². The van der Waals surface area contributed by atoms with E-state index >= 15 is 0 Å². The Hall–Kier alpha value is -1.61. The maximum Gasteiger partial charge on any atom is 0.104 e. The van der Waals surface area contributed by atoms with Gasteiger partial charge < -0.3 is 11.1 Å². The van der Waals surface area contributed by atoms with Crippen molar-refractivity contribution in [3.05, 3.63) is 42.0 Å². The van der Waals surface area contributed by atoms with Gasteiger partial charge >= 0.3 is 0 Å². The number of nitrogens with one attached hydrogen (secondary N) is 1. The molecule has 0 spiro atoms. The smallest absolute Gasteiger partial charge is 0.104 e. The van der Waals surface area contributed by atoms with E-state index in [1.165, 1.54) is 30.3 Å². The van der Waals surface area contributed by atoms with Gasteiger partial charge in [0, 0.05) is 22.7 Å². The second-order valence-electron chi connectivity index (χ2n) is 5.83. The van der Waals surface area contributed by atoms with Crippen LogP contribution < -0.4 is 11.1 Å². The lowest BCUT2D eigenvalue weighted by molar-refractivity contribution is 0.603. The standard InChI is InChI=1S/C17H20N2S/c1-11-6-7-12(10-11)19-16-9-8-15(17(18)20)13-4-2-3-5-14(13)16/h2-5,8-9,11-12,19H,6-7,10H2,1H3,(H2,18,20). The van der Waals surface area contributed by atoms with Crippen LogP contribution in [0, 0.1) is 5.92 Å². The van der Waals surface area contributed by atoms with E-state index in [1.54, 1.807) is 0 Å². The van der Waals surface area contributed by atoms with Gasteiger partial charge in [-0.2, -0.15) is 0 Å². The molecule has 2 aromatic carbocycles. The first-order valence-corrected chi connectivity index (χ1v) is 7.64. The minimum Gasteiger partial charge on any atom is -0.389 e. The van der Waals surface area contributed by atoms with E-state index in [0.717, 1.165) is 16.9 Å². The highest BCUT2D eigenvalue weighted by Gasteiger charge is 2.21. The molecule has 2 nitrogen and oxygen atoms in total. The third-order valence-corrected chi connectivity index (χ3v) is 4.46. The van der Waals surface area contributed by atoms with Gasteiger partial charge in [0.2, 0.25) is 0 Å². The molecule has 0 heterocycles. The van der Waals surface area contributed by atoms with Gasteiger partial charge in [-0.3, -0.25) is 0 Å². The Bertz CT molecular complexity index is 650. The number of anilines is 1. The molecule has 104 valence electrons. The van der Waals surface area contributed by atoms with E-state index in [-0.39, 0.29) is 0 Å². The highest BCUT2D eigenvalue weighted by molar-refractivity contribution is 7.80. The number of hydrogen-bond acceptors (Lipinski definition) is 2. The Labute approximate surface area is 125 Å². The molecular formula is C17H20N2S. The van der Waals surface area contributed by atoms with Crippen LogP contribution in [-0.2, 0) is 0 Å². The van der Waals surface area contributed by atoms with Crippen LogP contribution in [0.1, 0.15) is 31.7 Å². The van der Waals surface area contributed by atoms with Crippen LogP contribution in [0.3, 0.4) is 0 Å². The fraction of sp³-hybridized carbons (Fsp3) is 0.353. The molecule has 2 atom stereocenters. The van der Waals surface area contributed by atoms with Gasteiger partial charge in [0.1, 0.15) is 4.99 Å². The minimum absolute atomic E-state index is 0.460. The average molecular weight is 284 g/mol. The molecule has 1 saturated carbocycles. The van der Waals surface area contributed by atoms with E-state index in [0.29, 0.717) is 11.0 Å². The third-order valence-electron chi connectivity index (χ3n) is 4.24. The fourth-order valence-electron chi connectivity index (χ4n) is 3.20. The quantitative estimate of drug-likeness (QED) is 0.834. The maximum absolute atomic E-state index is 5.82. The molecule has 0 saturated heterocycles. The Balaban J connectivity index is 2.00. The summed E-state index contributed by atoms with van der Waals surface area (Å²) in [5.41, 5.74) is 7.98. The monoisotopic (exact) mass is 284 g/mol. The predicted octanol–water partition coefficient (Wildman–Crippen LogP) is 4.07. The predicted molar refractivity (Wildman–Crippen MR) is 90.3 cm³/mol. The first kappa shape index (κ1) is 13.4. The Morgan fingerprint density at radius 1 is 1.15 bits per heavy atom. The van der Waals surface area contributed by atoms with Crippen molar-refractivity contribution < 1.29 is 0 Å². The van der Waals surface area contributed by atoms with Crippen molar-refractivity contribution in [3.63, 3.8) is 0 Å². The fourth-order valence-corrected chi connectivity index (χ4v) is 3.38. The molecule has 0 aromatic heterocycles. The van der Waals surface area contributed by atoms with Gasteiger partial charge in [0.05, 0.1) is 0 Å². The maximum atomic E-state index is 5.82. The summed E-state index contributed by atoms with van der Waals surface area (Å²) < 4.78 is 0. The van der Waals surface area contributed by atoms with Gasteiger partial charge in [-0.05, 0) is 42.7 Å². The molecule has 1 aliphatic rings. The zero-order valence-electron chi connectivity index (χ0n) is 11.7. The Morgan fingerprint density at radius 2 is 1.90 bits per heavy atom. The molecular weight excluding hydrogens is 264 g/mol. The van der Waals surface area contributed by atoms with Crippen molar-refractivity contribution in [2.24, 2.45) is 11.7 Å². The Kier molecular flexibility index (Phi) is 3.62. The summed E-state index contributed by atoms with van der Waals surface area (Å²) in [7, 11) is 0. The van der Waals surface area contributed by atoms with Crippen LogP contribution in [-0.4, -0.2) is 11.0 Å². The zero-order chi connectivity index (χ0) is 14.1. The molecule has 1 aliphatic carbocycles. The minimum atomic E-state index is 0.460. The van der Waals surface area contributed by atoms with Crippen molar-refractivity contribution in [2.75, 3.05) is 5.32 Å². The highest BCUT2D eigenvalue weighted by Crippen LogP contribution is 2.31. The van der Waals surface area contributed by atoms with E-state index in [1.807, 2.05) is 12.1 Å². The number of rotatable bonds is 3. The second kappa shape index (κ2) is 5.41. The molecule has 0 radical (unpaired) electrons. The molecule has 3 heteroatoms. The molecule has 1 fully saturated rings. The normalized spacial score (nSPS) is 22.1. The van der Waals surface area contributed by atoms with Crippen LogP contribution in [0.25, 0.3) is 10.8 Å². The topological polar surface area (TPSA) is 38.0 Å². The number of thiocarbonyl (C=S) groups is 1. The van der Waals surface area contributed by atoms with Gasteiger partial charge in [-0.25, -0.2) is 0 Å². The molecule has 0 bridgehead atoms. The highest BCUT2D eigenvalue weighted by atomic mass is 32.1. The van der Waals surface area contributed by atoms with Crippen LogP contribution in [0.4, 0.5) is 5.69 Å². The van der Waals surface area contributed by atoms with Crippen LogP contribution in [0.2, 0.25) is 0 Å².